The molecule has 4 nitrogen and oxygen atoms in total. The second kappa shape index (κ2) is 8.96. The van der Waals surface area contributed by atoms with Gasteiger partial charge in [-0.15, -0.1) is 0 Å². The molecule has 0 unspecified atom stereocenters. The smallest absolute Gasteiger partial charge is 0.322 e. The SMILES string of the molecule is CCN(Cc1ccccc1)C(=O)Nc1ccc(N(CC)CC)cc1. The number of nitrogens with one attached hydrogen (secondary N) is 1. The van der Waals surface area contributed by atoms with Crippen molar-refractivity contribution in [1.29, 1.82) is 0 Å². The van der Waals surface area contributed by atoms with Crippen molar-refractivity contribution >= 4 is 17.4 Å². The van der Waals surface area contributed by atoms with Gasteiger partial charge >= 0.3 is 6.03 Å². The number of hydrogen-bond acceptors (Lipinski definition) is 2. The van der Waals surface area contributed by atoms with Crippen LogP contribution in [0.1, 0.15) is 26.3 Å². The van der Waals surface area contributed by atoms with E-state index in [4.69, 9.17) is 0 Å². The highest BCUT2D eigenvalue weighted by Gasteiger charge is 2.12. The van der Waals surface area contributed by atoms with Crippen LogP contribution in [-0.4, -0.2) is 30.6 Å². The Morgan fingerprint density at radius 1 is 0.875 bits per heavy atom. The van der Waals surface area contributed by atoms with Crippen LogP contribution in [0, 0.1) is 0 Å². The molecule has 24 heavy (non-hydrogen) atoms. The lowest BCUT2D eigenvalue weighted by molar-refractivity contribution is 0.212. The molecular weight excluding hydrogens is 298 g/mol. The molecule has 1 N–H and O–H groups in total. The number of benzene rings is 2. The van der Waals surface area contributed by atoms with Gasteiger partial charge < -0.3 is 15.1 Å². The molecular formula is C20H27N3O. The molecule has 2 aromatic rings. The van der Waals surface area contributed by atoms with Crippen LogP contribution in [0.25, 0.3) is 0 Å². The molecule has 0 aliphatic heterocycles. The van der Waals surface area contributed by atoms with Crippen LogP contribution in [-0.2, 0) is 6.54 Å². The molecule has 0 aliphatic rings. The van der Waals surface area contributed by atoms with E-state index in [1.165, 1.54) is 5.69 Å². The van der Waals surface area contributed by atoms with Crippen molar-refractivity contribution in [2.24, 2.45) is 0 Å². The Balaban J connectivity index is 1.99. The first-order valence-corrected chi connectivity index (χ1v) is 8.62. The third-order valence-electron chi connectivity index (χ3n) is 4.13. The van der Waals surface area contributed by atoms with Crippen LogP contribution < -0.4 is 10.2 Å². The molecule has 0 atom stereocenters. The van der Waals surface area contributed by atoms with E-state index < -0.39 is 0 Å². The summed E-state index contributed by atoms with van der Waals surface area (Å²) in [6.07, 6.45) is 0. The van der Waals surface area contributed by atoms with E-state index in [1.54, 1.807) is 4.90 Å². The normalized spacial score (nSPS) is 10.3. The minimum atomic E-state index is -0.0723. The maximum Gasteiger partial charge on any atom is 0.322 e. The monoisotopic (exact) mass is 325 g/mol. The van der Waals surface area contributed by atoms with E-state index in [0.717, 1.165) is 24.3 Å². The summed E-state index contributed by atoms with van der Waals surface area (Å²) in [5.41, 5.74) is 3.13. The van der Waals surface area contributed by atoms with Gasteiger partial charge in [-0.2, -0.15) is 0 Å². The zero-order valence-corrected chi connectivity index (χ0v) is 14.8. The van der Waals surface area contributed by atoms with Crippen LogP contribution >= 0.6 is 0 Å². The molecule has 2 aromatic carbocycles. The first-order chi connectivity index (χ1) is 11.7. The third kappa shape index (κ3) is 4.75. The molecule has 2 rings (SSSR count). The van der Waals surface area contributed by atoms with Gasteiger partial charge in [0.25, 0.3) is 0 Å². The fourth-order valence-electron chi connectivity index (χ4n) is 2.68. The molecule has 128 valence electrons. The van der Waals surface area contributed by atoms with Crippen LogP contribution in [0.15, 0.2) is 54.6 Å². The second-order valence-corrected chi connectivity index (χ2v) is 5.65. The lowest BCUT2D eigenvalue weighted by Crippen LogP contribution is -2.34. The predicted octanol–water partition coefficient (Wildman–Crippen LogP) is 4.59. The Labute approximate surface area is 145 Å². The van der Waals surface area contributed by atoms with Gasteiger partial charge in [-0.1, -0.05) is 30.3 Å². The molecule has 0 radical (unpaired) electrons. The number of urea groups is 1. The topological polar surface area (TPSA) is 35.6 Å². The highest BCUT2D eigenvalue weighted by atomic mass is 16.2. The number of carbonyl (C=O) groups excluding carboxylic acids is 1. The Kier molecular flexibility index (Phi) is 6.67. The summed E-state index contributed by atoms with van der Waals surface area (Å²) in [4.78, 5) is 16.6. The number of nitrogens with zero attached hydrogens (tertiary/aromatic N) is 2. The first-order valence-electron chi connectivity index (χ1n) is 8.62. The van der Waals surface area contributed by atoms with Gasteiger partial charge in [0.15, 0.2) is 0 Å². The minimum absolute atomic E-state index is 0.0723. The standard InChI is InChI=1S/C20H27N3O/c1-4-22(5-2)19-14-12-18(13-15-19)21-20(24)23(6-3)16-17-10-8-7-9-11-17/h7-15H,4-6,16H2,1-3H3,(H,21,24). The van der Waals surface area contributed by atoms with E-state index in [2.05, 4.69) is 36.2 Å². The van der Waals surface area contributed by atoms with E-state index in [1.807, 2.05) is 49.4 Å². The molecule has 4 heteroatoms. The van der Waals surface area contributed by atoms with E-state index in [-0.39, 0.29) is 6.03 Å². The zero-order chi connectivity index (χ0) is 17.4. The molecule has 2 amide bonds. The van der Waals surface area contributed by atoms with Crippen molar-refractivity contribution in [3.05, 3.63) is 60.2 Å². The van der Waals surface area contributed by atoms with Gasteiger partial charge in [-0.3, -0.25) is 0 Å². The van der Waals surface area contributed by atoms with Crippen molar-refractivity contribution in [1.82, 2.24) is 4.90 Å². The molecule has 0 heterocycles. The third-order valence-corrected chi connectivity index (χ3v) is 4.13. The number of amides is 2. The molecule has 0 saturated carbocycles. The molecule has 0 bridgehead atoms. The number of rotatable bonds is 7. The first kappa shape index (κ1) is 17.9. The number of carbonyl (C=O) groups is 1. The fourth-order valence-corrected chi connectivity index (χ4v) is 2.68. The lowest BCUT2D eigenvalue weighted by Gasteiger charge is -2.23. The quantitative estimate of drug-likeness (QED) is 0.808. The van der Waals surface area contributed by atoms with Crippen molar-refractivity contribution in [2.45, 2.75) is 27.3 Å². The summed E-state index contributed by atoms with van der Waals surface area (Å²) in [5, 5.41) is 2.98. The van der Waals surface area contributed by atoms with E-state index >= 15 is 0 Å². The minimum Gasteiger partial charge on any atom is -0.372 e. The van der Waals surface area contributed by atoms with Crippen LogP contribution in [0.5, 0.6) is 0 Å². The predicted molar refractivity (Wildman–Crippen MR) is 102 cm³/mol. The average molecular weight is 325 g/mol. The Bertz CT molecular complexity index is 621. The second-order valence-electron chi connectivity index (χ2n) is 5.65. The van der Waals surface area contributed by atoms with Crippen LogP contribution in [0.3, 0.4) is 0 Å². The van der Waals surface area contributed by atoms with Crippen LogP contribution in [0.2, 0.25) is 0 Å². The maximum absolute atomic E-state index is 12.5. The van der Waals surface area contributed by atoms with Gasteiger partial charge in [-0.25, -0.2) is 4.79 Å². The summed E-state index contributed by atoms with van der Waals surface area (Å²) in [6.45, 7) is 9.50. The highest BCUT2D eigenvalue weighted by molar-refractivity contribution is 5.89. The van der Waals surface area contributed by atoms with E-state index in [0.29, 0.717) is 13.1 Å². The number of anilines is 2. The molecule has 0 aliphatic carbocycles. The number of hydrogen-bond donors (Lipinski definition) is 1. The van der Waals surface area contributed by atoms with Gasteiger partial charge in [0.05, 0.1) is 0 Å². The fraction of sp³-hybridized carbons (Fsp3) is 0.350. The van der Waals surface area contributed by atoms with Crippen molar-refractivity contribution in [3.63, 3.8) is 0 Å². The summed E-state index contributed by atoms with van der Waals surface area (Å²) < 4.78 is 0. The molecule has 0 spiro atoms. The van der Waals surface area contributed by atoms with Gasteiger partial charge in [-0.05, 0) is 50.6 Å². The largest absolute Gasteiger partial charge is 0.372 e. The Hall–Kier alpha value is -2.49. The summed E-state index contributed by atoms with van der Waals surface area (Å²) in [7, 11) is 0. The molecule has 0 aromatic heterocycles. The maximum atomic E-state index is 12.5. The van der Waals surface area contributed by atoms with Crippen LogP contribution in [0.4, 0.5) is 16.2 Å². The molecule has 0 fully saturated rings. The molecule has 0 saturated heterocycles. The van der Waals surface area contributed by atoms with Crippen molar-refractivity contribution in [2.75, 3.05) is 29.9 Å². The lowest BCUT2D eigenvalue weighted by atomic mass is 10.2. The summed E-state index contributed by atoms with van der Waals surface area (Å²) in [5.74, 6) is 0. The van der Waals surface area contributed by atoms with Gasteiger partial charge in [0.2, 0.25) is 0 Å². The van der Waals surface area contributed by atoms with Crippen molar-refractivity contribution in [3.8, 4) is 0 Å². The highest BCUT2D eigenvalue weighted by Crippen LogP contribution is 2.18. The van der Waals surface area contributed by atoms with Crippen molar-refractivity contribution < 1.29 is 4.79 Å². The summed E-state index contributed by atoms with van der Waals surface area (Å²) >= 11 is 0. The Morgan fingerprint density at radius 3 is 2.04 bits per heavy atom. The Morgan fingerprint density at radius 2 is 1.50 bits per heavy atom. The van der Waals surface area contributed by atoms with E-state index in [9.17, 15) is 4.79 Å². The van der Waals surface area contributed by atoms with Gasteiger partial charge in [0, 0.05) is 37.6 Å². The van der Waals surface area contributed by atoms with Gasteiger partial charge in [0.1, 0.15) is 0 Å². The average Bonchev–Trinajstić information content (AvgIpc) is 2.63. The zero-order valence-electron chi connectivity index (χ0n) is 14.8. The summed E-state index contributed by atoms with van der Waals surface area (Å²) in [6, 6.07) is 18.0.